The van der Waals surface area contributed by atoms with Crippen LogP contribution in [0.1, 0.15) is 58.3 Å². The molecule has 2 atom stereocenters. The van der Waals surface area contributed by atoms with Gasteiger partial charge in [-0.2, -0.15) is 0 Å². The highest BCUT2D eigenvalue weighted by atomic mass is 16.5. The van der Waals surface area contributed by atoms with E-state index in [1.54, 1.807) is 18.9 Å². The fourth-order valence-electron chi connectivity index (χ4n) is 3.53. The van der Waals surface area contributed by atoms with Crippen molar-refractivity contribution in [3.63, 3.8) is 0 Å². The number of ether oxygens (including phenoxy) is 1. The molecular formula is C17H30N2O3. The van der Waals surface area contributed by atoms with Crippen LogP contribution in [0.3, 0.4) is 0 Å². The summed E-state index contributed by atoms with van der Waals surface area (Å²) in [6.07, 6.45) is 8.85. The van der Waals surface area contributed by atoms with E-state index in [0.29, 0.717) is 18.9 Å². The van der Waals surface area contributed by atoms with Gasteiger partial charge in [-0.25, -0.2) is 0 Å². The maximum Gasteiger partial charge on any atom is 0.244 e. The van der Waals surface area contributed by atoms with Crippen LogP contribution in [-0.4, -0.2) is 49.1 Å². The fraction of sp³-hybridized carbons (Fsp3) is 0.882. The predicted molar refractivity (Wildman–Crippen MR) is 85.4 cm³/mol. The van der Waals surface area contributed by atoms with Gasteiger partial charge >= 0.3 is 0 Å². The highest BCUT2D eigenvalue weighted by Crippen LogP contribution is 2.26. The number of amides is 2. The van der Waals surface area contributed by atoms with Crippen molar-refractivity contribution in [2.24, 2.45) is 5.92 Å². The van der Waals surface area contributed by atoms with E-state index in [2.05, 4.69) is 5.32 Å². The number of hydrogen-bond donors (Lipinski definition) is 1. The summed E-state index contributed by atoms with van der Waals surface area (Å²) >= 11 is 0. The fourth-order valence-corrected chi connectivity index (χ4v) is 3.53. The Hall–Kier alpha value is -1.10. The minimum atomic E-state index is -0.456. The molecule has 2 amide bonds. The number of likely N-dealkylation sites (N-methyl/N-ethyl adjacent to an activating group) is 1. The smallest absolute Gasteiger partial charge is 0.244 e. The summed E-state index contributed by atoms with van der Waals surface area (Å²) in [5, 5.41) is 2.86. The lowest BCUT2D eigenvalue weighted by Crippen LogP contribution is -2.47. The molecule has 1 aliphatic carbocycles. The molecule has 2 aliphatic rings. The van der Waals surface area contributed by atoms with Gasteiger partial charge in [0.1, 0.15) is 6.04 Å². The van der Waals surface area contributed by atoms with Crippen molar-refractivity contribution in [3.8, 4) is 0 Å². The third-order valence-corrected chi connectivity index (χ3v) is 4.82. The SMILES string of the molecule is C[C@H](NC(=O)CC1CCCCC1)C(=O)N(C)C[C@H]1CCCO1. The Morgan fingerprint density at radius 1 is 1.18 bits per heavy atom. The van der Waals surface area contributed by atoms with Crippen molar-refractivity contribution in [1.82, 2.24) is 10.2 Å². The highest BCUT2D eigenvalue weighted by Gasteiger charge is 2.25. The van der Waals surface area contributed by atoms with Gasteiger partial charge in [-0.15, -0.1) is 0 Å². The quantitative estimate of drug-likeness (QED) is 0.817. The van der Waals surface area contributed by atoms with Crippen LogP contribution in [0.2, 0.25) is 0 Å². The van der Waals surface area contributed by atoms with Gasteiger partial charge in [-0.1, -0.05) is 19.3 Å². The number of carbonyl (C=O) groups is 2. The zero-order valence-electron chi connectivity index (χ0n) is 14.0. The van der Waals surface area contributed by atoms with Crippen LogP contribution in [0.25, 0.3) is 0 Å². The summed E-state index contributed by atoms with van der Waals surface area (Å²) in [4.78, 5) is 26.1. The van der Waals surface area contributed by atoms with Gasteiger partial charge in [0.15, 0.2) is 0 Å². The summed E-state index contributed by atoms with van der Waals surface area (Å²) in [5.74, 6) is 0.478. The van der Waals surface area contributed by atoms with Crippen LogP contribution in [0.5, 0.6) is 0 Å². The molecule has 5 heteroatoms. The molecule has 2 fully saturated rings. The lowest BCUT2D eigenvalue weighted by atomic mass is 9.87. The number of hydrogen-bond acceptors (Lipinski definition) is 3. The minimum absolute atomic E-state index is 0.0123. The predicted octanol–water partition coefficient (Wildman–Crippen LogP) is 2.10. The van der Waals surface area contributed by atoms with Crippen molar-refractivity contribution in [2.75, 3.05) is 20.2 Å². The number of rotatable bonds is 6. The average molecular weight is 310 g/mol. The third-order valence-electron chi connectivity index (χ3n) is 4.82. The first-order valence-corrected chi connectivity index (χ1v) is 8.72. The van der Waals surface area contributed by atoms with E-state index in [1.807, 2.05) is 0 Å². The molecule has 126 valence electrons. The Bertz CT molecular complexity index is 374. The highest BCUT2D eigenvalue weighted by molar-refractivity contribution is 5.87. The molecular weight excluding hydrogens is 280 g/mol. The second kappa shape index (κ2) is 8.51. The standard InChI is InChI=1S/C17H30N2O3/c1-13(17(21)19(2)12-15-9-6-10-22-15)18-16(20)11-14-7-4-3-5-8-14/h13-15H,3-12H2,1-2H3,(H,18,20)/t13-,15+/m0/s1. The lowest BCUT2D eigenvalue weighted by Gasteiger charge is -2.25. The molecule has 0 aromatic heterocycles. The maximum absolute atomic E-state index is 12.3. The summed E-state index contributed by atoms with van der Waals surface area (Å²) in [5.41, 5.74) is 0. The van der Waals surface area contributed by atoms with Crippen LogP contribution < -0.4 is 5.32 Å². The summed E-state index contributed by atoms with van der Waals surface area (Å²) in [6, 6.07) is -0.456. The largest absolute Gasteiger partial charge is 0.376 e. The van der Waals surface area contributed by atoms with Gasteiger partial charge in [0, 0.05) is 26.6 Å². The van der Waals surface area contributed by atoms with Crippen molar-refractivity contribution < 1.29 is 14.3 Å². The van der Waals surface area contributed by atoms with E-state index in [-0.39, 0.29) is 17.9 Å². The first kappa shape index (κ1) is 17.3. The van der Waals surface area contributed by atoms with E-state index in [4.69, 9.17) is 4.74 Å². The molecule has 2 rings (SSSR count). The molecule has 0 radical (unpaired) electrons. The topological polar surface area (TPSA) is 58.6 Å². The molecule has 5 nitrogen and oxygen atoms in total. The van der Waals surface area contributed by atoms with Gasteiger partial charge in [-0.3, -0.25) is 9.59 Å². The molecule has 1 N–H and O–H groups in total. The normalized spacial score (nSPS) is 24.0. The van der Waals surface area contributed by atoms with E-state index < -0.39 is 6.04 Å². The number of nitrogens with one attached hydrogen (secondary N) is 1. The summed E-state index contributed by atoms with van der Waals surface area (Å²) in [6.45, 7) is 3.18. The van der Waals surface area contributed by atoms with Crippen molar-refractivity contribution >= 4 is 11.8 Å². The average Bonchev–Trinajstić information content (AvgIpc) is 3.00. The van der Waals surface area contributed by atoms with Crippen LogP contribution in [0.15, 0.2) is 0 Å². The third kappa shape index (κ3) is 5.27. The summed E-state index contributed by atoms with van der Waals surface area (Å²) < 4.78 is 5.55. The molecule has 1 heterocycles. The molecule has 0 spiro atoms. The van der Waals surface area contributed by atoms with Gasteiger partial charge in [0.2, 0.25) is 11.8 Å². The van der Waals surface area contributed by atoms with Gasteiger partial charge in [0.25, 0.3) is 0 Å². The van der Waals surface area contributed by atoms with E-state index in [1.165, 1.54) is 19.3 Å². The maximum atomic E-state index is 12.3. The Kier molecular flexibility index (Phi) is 6.68. The Morgan fingerprint density at radius 2 is 1.91 bits per heavy atom. The van der Waals surface area contributed by atoms with E-state index >= 15 is 0 Å². The Morgan fingerprint density at radius 3 is 2.55 bits per heavy atom. The first-order chi connectivity index (χ1) is 10.6. The molecule has 0 aromatic rings. The monoisotopic (exact) mass is 310 g/mol. The molecule has 1 saturated carbocycles. The second-order valence-corrected chi connectivity index (χ2v) is 6.85. The Labute approximate surface area is 133 Å². The minimum Gasteiger partial charge on any atom is -0.376 e. The molecule has 22 heavy (non-hydrogen) atoms. The second-order valence-electron chi connectivity index (χ2n) is 6.85. The lowest BCUT2D eigenvalue weighted by molar-refractivity contribution is -0.136. The van der Waals surface area contributed by atoms with Crippen LogP contribution in [0.4, 0.5) is 0 Å². The zero-order chi connectivity index (χ0) is 15.9. The van der Waals surface area contributed by atoms with E-state index in [0.717, 1.165) is 32.3 Å². The van der Waals surface area contributed by atoms with Crippen LogP contribution in [0, 0.1) is 5.92 Å². The molecule has 1 saturated heterocycles. The van der Waals surface area contributed by atoms with Gasteiger partial charge in [-0.05, 0) is 38.5 Å². The zero-order valence-corrected chi connectivity index (χ0v) is 14.0. The number of nitrogens with zero attached hydrogens (tertiary/aromatic N) is 1. The van der Waals surface area contributed by atoms with Crippen molar-refractivity contribution in [3.05, 3.63) is 0 Å². The molecule has 0 aromatic carbocycles. The van der Waals surface area contributed by atoms with Crippen molar-refractivity contribution in [2.45, 2.75) is 70.4 Å². The molecule has 1 aliphatic heterocycles. The van der Waals surface area contributed by atoms with Crippen LogP contribution >= 0.6 is 0 Å². The molecule has 0 unspecified atom stereocenters. The van der Waals surface area contributed by atoms with Gasteiger partial charge in [0.05, 0.1) is 6.10 Å². The van der Waals surface area contributed by atoms with E-state index in [9.17, 15) is 9.59 Å². The van der Waals surface area contributed by atoms with Crippen molar-refractivity contribution in [1.29, 1.82) is 0 Å². The first-order valence-electron chi connectivity index (χ1n) is 8.72. The van der Waals surface area contributed by atoms with Crippen LogP contribution in [-0.2, 0) is 14.3 Å². The van der Waals surface area contributed by atoms with Gasteiger partial charge < -0.3 is 15.0 Å². The Balaban J connectivity index is 1.70. The number of carbonyl (C=O) groups excluding carboxylic acids is 2. The summed E-state index contributed by atoms with van der Waals surface area (Å²) in [7, 11) is 1.79. The molecule has 0 bridgehead atoms.